The van der Waals surface area contributed by atoms with E-state index in [2.05, 4.69) is 41.3 Å². The monoisotopic (exact) mass is 644 g/mol. The summed E-state index contributed by atoms with van der Waals surface area (Å²) in [7, 11) is 1.43. The number of aromatic nitrogens is 3. The van der Waals surface area contributed by atoms with Gasteiger partial charge in [0.2, 0.25) is 0 Å². The van der Waals surface area contributed by atoms with Crippen molar-refractivity contribution in [3.63, 3.8) is 0 Å². The molecule has 3 aromatic carbocycles. The molecule has 0 fully saturated rings. The summed E-state index contributed by atoms with van der Waals surface area (Å²) in [6.45, 7) is 5.84. The molecular weight excluding hydrogens is 615 g/mol. The number of carbonyl (C=O) groups excluding carboxylic acids is 1. The van der Waals surface area contributed by atoms with E-state index in [0.717, 1.165) is 29.3 Å². The highest BCUT2D eigenvalue weighted by Crippen LogP contribution is 2.42. The lowest BCUT2D eigenvalue weighted by molar-refractivity contribution is -0.274. The second kappa shape index (κ2) is 13.1. The van der Waals surface area contributed by atoms with E-state index in [0.29, 0.717) is 21.6 Å². The van der Waals surface area contributed by atoms with Gasteiger partial charge in [-0.1, -0.05) is 44.5 Å². The third-order valence-electron chi connectivity index (χ3n) is 6.33. The van der Waals surface area contributed by atoms with Gasteiger partial charge in [-0.2, -0.15) is 13.9 Å². The van der Waals surface area contributed by atoms with Crippen molar-refractivity contribution >= 4 is 18.5 Å². The third-order valence-corrected chi connectivity index (χ3v) is 6.60. The minimum atomic E-state index is -4.86. The number of oxazole rings is 1. The number of aryl methyl sites for hydroxylation is 2. The average molecular weight is 645 g/mol. The molecule has 0 atom stereocenters. The number of hydrogen-bond acceptors (Lipinski definition) is 6. The Morgan fingerprint density at radius 1 is 0.933 bits per heavy atom. The number of thiol groups is 1. The molecule has 0 unspecified atom stereocenters. The minimum absolute atomic E-state index is 0.212. The first-order valence-corrected chi connectivity index (χ1v) is 14.1. The van der Waals surface area contributed by atoms with Gasteiger partial charge >= 0.3 is 12.3 Å². The predicted molar refractivity (Wildman–Crippen MR) is 163 cm³/mol. The SMILES string of the molecule is CCC.Cc1nc(-c2ccc(OC(F)(F)F)cc2)c(-c2cc(-c3cccc(S)c3)ccc2-c2cc(C(F)(F)C(N)=O)nn2C)o1. The summed E-state index contributed by atoms with van der Waals surface area (Å²) in [6.07, 6.45) is -3.61. The van der Waals surface area contributed by atoms with Crippen molar-refractivity contribution in [1.82, 2.24) is 14.8 Å². The molecule has 0 aliphatic carbocycles. The second-order valence-electron chi connectivity index (χ2n) is 9.98. The maximum Gasteiger partial charge on any atom is 0.573 e. The fraction of sp³-hybridized carbons (Fsp3) is 0.219. The van der Waals surface area contributed by atoms with E-state index in [1.54, 1.807) is 25.1 Å². The molecule has 2 aromatic heterocycles. The van der Waals surface area contributed by atoms with Gasteiger partial charge < -0.3 is 14.9 Å². The molecule has 0 aliphatic rings. The molecule has 1 amide bonds. The van der Waals surface area contributed by atoms with Crippen molar-refractivity contribution in [3.8, 4) is 50.7 Å². The van der Waals surface area contributed by atoms with Gasteiger partial charge in [-0.25, -0.2) is 4.98 Å². The fourth-order valence-corrected chi connectivity index (χ4v) is 4.66. The predicted octanol–water partition coefficient (Wildman–Crippen LogP) is 8.57. The van der Waals surface area contributed by atoms with Crippen molar-refractivity contribution in [2.75, 3.05) is 0 Å². The van der Waals surface area contributed by atoms with E-state index in [1.807, 2.05) is 24.3 Å². The normalized spacial score (nSPS) is 11.6. The molecular formula is C32H29F5N4O3S. The van der Waals surface area contributed by atoms with Crippen LogP contribution in [0.2, 0.25) is 0 Å². The topological polar surface area (TPSA) is 96.2 Å². The number of primary amides is 1. The summed E-state index contributed by atoms with van der Waals surface area (Å²) >= 11 is 4.41. The number of halogens is 5. The Balaban J connectivity index is 0.00000148. The zero-order valence-corrected chi connectivity index (χ0v) is 25.5. The zero-order valence-electron chi connectivity index (χ0n) is 24.6. The van der Waals surface area contributed by atoms with Crippen LogP contribution in [0.25, 0.3) is 45.0 Å². The highest BCUT2D eigenvalue weighted by molar-refractivity contribution is 7.80. The lowest BCUT2D eigenvalue weighted by atomic mass is 9.94. The minimum Gasteiger partial charge on any atom is -0.440 e. The highest BCUT2D eigenvalue weighted by Gasteiger charge is 2.42. The standard InChI is InChI=1S/C29H21F5N4O3S.C3H8/c1-15-36-25(16-6-9-19(10-7-16)41-29(32,33)34)26(40-15)22-13-18(17-4-3-5-20(42)12-17)8-11-21(22)23-14-24(37-38(23)2)28(30,31)27(35)39;1-3-2/h3-14,42H,1-2H3,(H2,35,39);3H2,1-2H3. The van der Waals surface area contributed by atoms with E-state index in [9.17, 15) is 26.7 Å². The third kappa shape index (κ3) is 7.54. The molecule has 2 N–H and O–H groups in total. The molecule has 7 nitrogen and oxygen atoms in total. The number of hydrogen-bond donors (Lipinski definition) is 2. The number of nitrogens with two attached hydrogens (primary N) is 1. The van der Waals surface area contributed by atoms with E-state index in [-0.39, 0.29) is 23.0 Å². The van der Waals surface area contributed by atoms with E-state index >= 15 is 0 Å². The Morgan fingerprint density at radius 3 is 2.16 bits per heavy atom. The van der Waals surface area contributed by atoms with Gasteiger partial charge in [0.25, 0.3) is 5.91 Å². The Hall–Kier alpha value is -4.65. The van der Waals surface area contributed by atoms with Crippen molar-refractivity contribution < 1.29 is 35.9 Å². The van der Waals surface area contributed by atoms with Crippen molar-refractivity contribution in [3.05, 3.63) is 84.4 Å². The molecule has 236 valence electrons. The molecule has 13 heteroatoms. The van der Waals surface area contributed by atoms with Crippen LogP contribution in [0.5, 0.6) is 5.75 Å². The summed E-state index contributed by atoms with van der Waals surface area (Å²) in [6, 6.07) is 18.7. The number of rotatable bonds is 7. The maximum atomic E-state index is 14.5. The number of nitrogens with zero attached hydrogens (tertiary/aromatic N) is 3. The van der Waals surface area contributed by atoms with E-state index < -0.39 is 29.6 Å². The molecule has 0 bridgehead atoms. The number of benzene rings is 3. The quantitative estimate of drug-likeness (QED) is 0.137. The van der Waals surface area contributed by atoms with Gasteiger partial charge in [0.05, 0.1) is 5.69 Å². The summed E-state index contributed by atoms with van der Waals surface area (Å²) in [4.78, 5) is 16.6. The molecule has 45 heavy (non-hydrogen) atoms. The van der Waals surface area contributed by atoms with Gasteiger partial charge in [-0.3, -0.25) is 9.48 Å². The van der Waals surface area contributed by atoms with Crippen LogP contribution >= 0.6 is 12.6 Å². The fourth-order valence-electron chi connectivity index (χ4n) is 4.44. The van der Waals surface area contributed by atoms with Gasteiger partial charge in [0, 0.05) is 35.6 Å². The van der Waals surface area contributed by atoms with Crippen molar-refractivity contribution in [1.29, 1.82) is 0 Å². The summed E-state index contributed by atoms with van der Waals surface area (Å²) < 4.78 is 78.2. The second-order valence-corrected chi connectivity index (χ2v) is 10.5. The molecule has 0 radical (unpaired) electrons. The average Bonchev–Trinajstić information content (AvgIpc) is 3.55. The molecule has 0 spiro atoms. The lowest BCUT2D eigenvalue weighted by Gasteiger charge is -2.13. The Morgan fingerprint density at radius 2 is 1.56 bits per heavy atom. The number of alkyl halides is 5. The molecule has 5 rings (SSSR count). The summed E-state index contributed by atoms with van der Waals surface area (Å²) in [5.41, 5.74) is 7.33. The Kier molecular flexibility index (Phi) is 9.71. The van der Waals surface area contributed by atoms with Crippen LogP contribution in [-0.4, -0.2) is 27.0 Å². The van der Waals surface area contributed by atoms with Crippen LogP contribution < -0.4 is 10.5 Å². The van der Waals surface area contributed by atoms with Crippen LogP contribution in [0, 0.1) is 6.92 Å². The van der Waals surface area contributed by atoms with Crippen LogP contribution in [0.3, 0.4) is 0 Å². The molecule has 0 saturated carbocycles. The first-order chi connectivity index (χ1) is 21.1. The summed E-state index contributed by atoms with van der Waals surface area (Å²) in [5.74, 6) is -5.81. The first kappa shape index (κ1) is 33.2. The number of amides is 1. The molecule has 2 heterocycles. The smallest absolute Gasteiger partial charge is 0.440 e. The Labute approximate surface area is 261 Å². The zero-order chi connectivity index (χ0) is 33.1. The Bertz CT molecular complexity index is 1810. The molecule has 5 aromatic rings. The summed E-state index contributed by atoms with van der Waals surface area (Å²) in [5, 5.41) is 3.84. The van der Waals surface area contributed by atoms with Gasteiger partial charge in [0.1, 0.15) is 17.1 Å². The van der Waals surface area contributed by atoms with Gasteiger partial charge in [0.15, 0.2) is 11.7 Å². The first-order valence-electron chi connectivity index (χ1n) is 13.6. The van der Waals surface area contributed by atoms with Gasteiger partial charge in [-0.05, 0) is 59.7 Å². The van der Waals surface area contributed by atoms with Crippen LogP contribution in [0.15, 0.2) is 82.1 Å². The van der Waals surface area contributed by atoms with E-state index in [4.69, 9.17) is 10.2 Å². The van der Waals surface area contributed by atoms with Gasteiger partial charge in [-0.15, -0.1) is 25.8 Å². The van der Waals surface area contributed by atoms with Crippen molar-refractivity contribution in [2.24, 2.45) is 12.8 Å². The highest BCUT2D eigenvalue weighted by atomic mass is 32.1. The van der Waals surface area contributed by atoms with Crippen LogP contribution in [0.1, 0.15) is 31.9 Å². The number of ether oxygens (including phenoxy) is 1. The van der Waals surface area contributed by atoms with Crippen LogP contribution in [0.4, 0.5) is 22.0 Å². The van der Waals surface area contributed by atoms with Crippen molar-refractivity contribution in [2.45, 2.75) is 44.4 Å². The number of carbonyl (C=O) groups is 1. The maximum absolute atomic E-state index is 14.5. The van der Waals surface area contributed by atoms with Crippen LogP contribution in [-0.2, 0) is 17.8 Å². The lowest BCUT2D eigenvalue weighted by Crippen LogP contribution is -2.33. The largest absolute Gasteiger partial charge is 0.573 e. The van der Waals surface area contributed by atoms with E-state index in [1.165, 1.54) is 30.3 Å². The molecule has 0 saturated heterocycles. The molecule has 0 aliphatic heterocycles.